The summed E-state index contributed by atoms with van der Waals surface area (Å²) in [6, 6.07) is 18.9. The minimum atomic E-state index is -0.500. The number of rotatable bonds is 4. The number of para-hydroxylation sites is 1. The second-order valence-corrected chi connectivity index (χ2v) is 7.69. The lowest BCUT2D eigenvalue weighted by Gasteiger charge is -2.57. The van der Waals surface area contributed by atoms with Gasteiger partial charge in [0.2, 0.25) is 0 Å². The Hall–Kier alpha value is -2.55. The van der Waals surface area contributed by atoms with Crippen molar-refractivity contribution in [2.45, 2.75) is 49.7 Å². The van der Waals surface area contributed by atoms with E-state index in [0.29, 0.717) is 6.42 Å². The Balaban J connectivity index is 1.69. The number of fused-ring (bicyclic) bond motifs is 1. The molecule has 2 aliphatic heterocycles. The number of anilines is 1. The third-order valence-corrected chi connectivity index (χ3v) is 6.41. The summed E-state index contributed by atoms with van der Waals surface area (Å²) < 4.78 is 6.15. The Labute approximate surface area is 154 Å². The predicted octanol–water partition coefficient (Wildman–Crippen LogP) is 4.69. The molecule has 3 nitrogen and oxygen atoms in total. The molecule has 132 valence electrons. The fourth-order valence-electron chi connectivity index (χ4n) is 5.36. The lowest BCUT2D eigenvalue weighted by atomic mass is 9.47. The van der Waals surface area contributed by atoms with Crippen LogP contribution in [-0.2, 0) is 14.9 Å². The van der Waals surface area contributed by atoms with Gasteiger partial charge in [-0.25, -0.2) is 0 Å². The molecule has 1 N–H and O–H groups in total. The first kappa shape index (κ1) is 15.7. The number of nitrogens with one attached hydrogen (secondary N) is 1. The summed E-state index contributed by atoms with van der Waals surface area (Å²) in [4.78, 5) is 12.5. The molecule has 3 heteroatoms. The molecule has 0 radical (unpaired) electrons. The molecule has 0 bridgehead atoms. The Morgan fingerprint density at radius 3 is 2.73 bits per heavy atom. The molecule has 1 spiro atoms. The highest BCUT2D eigenvalue weighted by molar-refractivity contribution is 5.88. The first-order valence-electron chi connectivity index (χ1n) is 9.56. The number of carbonyl (C=O) groups is 1. The van der Waals surface area contributed by atoms with Crippen LogP contribution in [0.3, 0.4) is 0 Å². The molecule has 3 atom stereocenters. The van der Waals surface area contributed by atoms with Crippen LogP contribution < -0.4 is 5.32 Å². The highest BCUT2D eigenvalue weighted by Crippen LogP contribution is 2.69. The first-order chi connectivity index (χ1) is 12.7. The zero-order valence-electron chi connectivity index (χ0n) is 15.0. The first-order valence-corrected chi connectivity index (χ1v) is 9.56. The van der Waals surface area contributed by atoms with Gasteiger partial charge < -0.3 is 10.1 Å². The maximum absolute atomic E-state index is 12.5. The van der Waals surface area contributed by atoms with Crippen LogP contribution in [0.2, 0.25) is 0 Å². The molecule has 0 aromatic heterocycles. The minimum Gasteiger partial charge on any atom is -0.453 e. The maximum atomic E-state index is 12.5. The highest BCUT2D eigenvalue weighted by atomic mass is 16.6. The van der Waals surface area contributed by atoms with Gasteiger partial charge in [0.25, 0.3) is 0 Å². The number of hydrogen-bond donors (Lipinski definition) is 1. The van der Waals surface area contributed by atoms with Crippen molar-refractivity contribution in [3.05, 3.63) is 71.3 Å². The fourth-order valence-corrected chi connectivity index (χ4v) is 5.36. The second kappa shape index (κ2) is 5.47. The lowest BCUT2D eigenvalue weighted by molar-refractivity contribution is -0.150. The summed E-state index contributed by atoms with van der Waals surface area (Å²) in [6.45, 7) is 2.19. The number of ether oxygens (including phenoxy) is 1. The summed E-state index contributed by atoms with van der Waals surface area (Å²) in [5.41, 5.74) is 4.02. The highest BCUT2D eigenvalue weighted by Gasteiger charge is 2.78. The number of hydrogen-bond acceptors (Lipinski definition) is 3. The Kier molecular flexibility index (Phi) is 3.30. The van der Waals surface area contributed by atoms with Gasteiger partial charge in [-0.05, 0) is 41.7 Å². The molecule has 2 heterocycles. The monoisotopic (exact) mass is 345 g/mol. The van der Waals surface area contributed by atoms with Crippen molar-refractivity contribution in [3.63, 3.8) is 0 Å². The van der Waals surface area contributed by atoms with E-state index in [1.54, 1.807) is 0 Å². The van der Waals surface area contributed by atoms with Gasteiger partial charge in [-0.15, -0.1) is 0 Å². The van der Waals surface area contributed by atoms with Crippen LogP contribution >= 0.6 is 0 Å². The van der Waals surface area contributed by atoms with E-state index >= 15 is 0 Å². The quantitative estimate of drug-likeness (QED) is 0.817. The predicted molar refractivity (Wildman–Crippen MR) is 103 cm³/mol. The van der Waals surface area contributed by atoms with E-state index in [-0.39, 0.29) is 17.4 Å². The van der Waals surface area contributed by atoms with Gasteiger partial charge in [-0.3, -0.25) is 4.79 Å². The van der Waals surface area contributed by atoms with E-state index in [0.717, 1.165) is 30.5 Å². The summed E-state index contributed by atoms with van der Waals surface area (Å²) in [5, 5.41) is 3.69. The Morgan fingerprint density at radius 1 is 1.15 bits per heavy atom. The van der Waals surface area contributed by atoms with E-state index in [1.165, 1.54) is 11.1 Å². The van der Waals surface area contributed by atoms with E-state index in [2.05, 4.69) is 66.8 Å². The van der Waals surface area contributed by atoms with Gasteiger partial charge in [0.1, 0.15) is 5.60 Å². The lowest BCUT2D eigenvalue weighted by Crippen LogP contribution is -2.69. The van der Waals surface area contributed by atoms with E-state index in [4.69, 9.17) is 4.74 Å². The zero-order chi connectivity index (χ0) is 17.8. The molecule has 1 saturated heterocycles. The van der Waals surface area contributed by atoms with Crippen molar-refractivity contribution in [3.8, 4) is 0 Å². The average Bonchev–Trinajstić information content (AvgIpc) is 3.10. The van der Waals surface area contributed by atoms with Crippen molar-refractivity contribution >= 4 is 17.7 Å². The molecule has 26 heavy (non-hydrogen) atoms. The van der Waals surface area contributed by atoms with Gasteiger partial charge in [0, 0.05) is 5.69 Å². The topological polar surface area (TPSA) is 38.3 Å². The number of carbonyl (C=O) groups excluding carboxylic acids is 1. The molecular weight excluding hydrogens is 322 g/mol. The molecule has 2 aromatic carbocycles. The van der Waals surface area contributed by atoms with E-state index < -0.39 is 5.60 Å². The smallest absolute Gasteiger partial charge is 0.307 e. The van der Waals surface area contributed by atoms with Crippen molar-refractivity contribution in [1.29, 1.82) is 0 Å². The summed E-state index contributed by atoms with van der Waals surface area (Å²) in [5.74, 6) is -0.0685. The van der Waals surface area contributed by atoms with E-state index in [1.807, 2.05) is 6.07 Å². The van der Waals surface area contributed by atoms with Crippen molar-refractivity contribution in [2.24, 2.45) is 0 Å². The van der Waals surface area contributed by atoms with Crippen LogP contribution in [0.1, 0.15) is 43.7 Å². The van der Waals surface area contributed by atoms with Crippen LogP contribution in [0.15, 0.2) is 60.2 Å². The van der Waals surface area contributed by atoms with Crippen LogP contribution in [0.5, 0.6) is 0 Å². The van der Waals surface area contributed by atoms with Gasteiger partial charge in [0.05, 0.1) is 17.9 Å². The molecule has 0 amide bonds. The molecule has 2 fully saturated rings. The molecule has 1 aliphatic carbocycles. The van der Waals surface area contributed by atoms with Crippen LogP contribution in [0.25, 0.3) is 6.08 Å². The van der Waals surface area contributed by atoms with Gasteiger partial charge in [-0.1, -0.05) is 61.9 Å². The zero-order valence-corrected chi connectivity index (χ0v) is 15.0. The molecule has 1 saturated carbocycles. The molecule has 3 aliphatic rings. The normalized spacial score (nSPS) is 32.3. The number of esters is 1. The van der Waals surface area contributed by atoms with Crippen molar-refractivity contribution in [1.82, 2.24) is 0 Å². The summed E-state index contributed by atoms with van der Waals surface area (Å²) >= 11 is 0. The third-order valence-electron chi connectivity index (χ3n) is 6.41. The van der Waals surface area contributed by atoms with Gasteiger partial charge in [0.15, 0.2) is 0 Å². The van der Waals surface area contributed by atoms with Crippen molar-refractivity contribution < 1.29 is 9.53 Å². The molecule has 2 aromatic rings. The Morgan fingerprint density at radius 2 is 1.92 bits per heavy atom. The van der Waals surface area contributed by atoms with Crippen LogP contribution in [-0.4, -0.2) is 17.6 Å². The number of unbranched alkanes of at least 4 members (excludes halogenated alkanes) is 1. The largest absolute Gasteiger partial charge is 0.453 e. The summed E-state index contributed by atoms with van der Waals surface area (Å²) in [6.07, 6.45) is 5.73. The fraction of sp³-hybridized carbons (Fsp3) is 0.348. The molecule has 0 unspecified atom stereocenters. The maximum Gasteiger partial charge on any atom is 0.307 e. The minimum absolute atomic E-state index is 0.0685. The number of benzene rings is 2. The van der Waals surface area contributed by atoms with E-state index in [9.17, 15) is 4.79 Å². The van der Waals surface area contributed by atoms with Gasteiger partial charge in [-0.2, -0.15) is 0 Å². The van der Waals surface area contributed by atoms with Gasteiger partial charge >= 0.3 is 5.97 Å². The van der Waals surface area contributed by atoms with Crippen LogP contribution in [0.4, 0.5) is 5.69 Å². The molecule has 5 rings (SSSR count). The Bertz CT molecular complexity index is 903. The summed E-state index contributed by atoms with van der Waals surface area (Å²) in [7, 11) is 0. The van der Waals surface area contributed by atoms with Crippen LogP contribution in [0, 0.1) is 0 Å². The second-order valence-electron chi connectivity index (χ2n) is 7.69. The molecular formula is C23H23NO2. The third kappa shape index (κ3) is 1.81. The standard InChI is InChI=1S/C23H23NO2/c1-2-3-13-23-18(14-16-9-5-4-6-10-16)21-22(23,15-20(25)26-23)17-11-7-8-12-19(17)24-21/h4-12,14,21,24H,2-3,13,15H2,1H3/b18-14+/t21-,22-,23-/m0/s1. The average molecular weight is 345 g/mol. The SMILES string of the molecule is CCCC[C@@]12OC(=O)C[C@@]13c1ccccc1N[C@H]3/C2=C\c1ccccc1. The van der Waals surface area contributed by atoms with Crippen molar-refractivity contribution in [2.75, 3.05) is 5.32 Å².